The highest BCUT2D eigenvalue weighted by molar-refractivity contribution is 6.84. The Labute approximate surface area is 434 Å². The molecule has 0 saturated carbocycles. The van der Waals surface area contributed by atoms with Gasteiger partial charge in [0.15, 0.2) is 8.32 Å². The summed E-state index contributed by atoms with van der Waals surface area (Å²) in [5.41, 5.74) is 13.9. The van der Waals surface area contributed by atoms with Crippen molar-refractivity contribution in [2.24, 2.45) is 0 Å². The summed E-state index contributed by atoms with van der Waals surface area (Å²) >= 11 is 0. The Hall–Kier alpha value is -3.89. The van der Waals surface area contributed by atoms with Crippen LogP contribution in [0.2, 0.25) is 57.4 Å². The molecule has 3 aromatic rings. The summed E-state index contributed by atoms with van der Waals surface area (Å²) in [6.07, 6.45) is 26.8. The molecule has 3 rings (SSSR count). The average molecular weight is 998 g/mol. The van der Waals surface area contributed by atoms with Crippen molar-refractivity contribution in [1.29, 1.82) is 0 Å². The third-order valence-corrected chi connectivity index (χ3v) is 19.2. The zero-order chi connectivity index (χ0) is 51.3. The van der Waals surface area contributed by atoms with Crippen LogP contribution in [0.15, 0.2) is 54.6 Å². The molecule has 70 heavy (non-hydrogen) atoms. The third-order valence-electron chi connectivity index (χ3n) is 12.9. The Morgan fingerprint density at radius 1 is 0.371 bits per heavy atom. The molecule has 0 saturated heterocycles. The van der Waals surface area contributed by atoms with Gasteiger partial charge < -0.3 is 13.9 Å². The Morgan fingerprint density at radius 2 is 0.671 bits per heavy atom. The first-order chi connectivity index (χ1) is 33.2. The molecule has 0 heterocycles. The van der Waals surface area contributed by atoms with E-state index in [1.54, 1.807) is 0 Å². The summed E-state index contributed by atoms with van der Waals surface area (Å²) in [5, 5.41) is 0.143. The van der Waals surface area contributed by atoms with Gasteiger partial charge in [0, 0.05) is 40.0 Å². The van der Waals surface area contributed by atoms with Crippen LogP contribution in [0.5, 0.6) is 11.5 Å². The van der Waals surface area contributed by atoms with Crippen molar-refractivity contribution in [3.63, 3.8) is 0 Å². The molecule has 0 radical (unpaired) electrons. The minimum Gasteiger partial charge on any atom is -0.494 e. The second-order valence-corrected chi connectivity index (χ2v) is 37.6. The van der Waals surface area contributed by atoms with Crippen molar-refractivity contribution in [3.8, 4) is 58.1 Å². The van der Waals surface area contributed by atoms with Crippen molar-refractivity contribution < 1.29 is 13.9 Å². The summed E-state index contributed by atoms with van der Waals surface area (Å²) in [7, 11) is -5.09. The van der Waals surface area contributed by atoms with Crippen LogP contribution in [0.25, 0.3) is 0 Å². The SMILES string of the molecule is CCCCCCCCCCCCOc1cc(C#Cc2cc(C#Cc3cc(C#C[Si](C)(C)C)cc(OCCCCCCCCCCCC)c3)cc(CCO[Si](C)(C)C(C)(C)C)c2)cc(C#C[Si](C)(C)C)c1. The zero-order valence-corrected chi connectivity index (χ0v) is 49.9. The Balaban J connectivity index is 1.90. The maximum atomic E-state index is 6.66. The van der Waals surface area contributed by atoms with Gasteiger partial charge in [-0.3, -0.25) is 0 Å². The van der Waals surface area contributed by atoms with Gasteiger partial charge in [-0.25, -0.2) is 0 Å². The first-order valence-corrected chi connectivity index (χ1v) is 37.6. The van der Waals surface area contributed by atoms with Crippen LogP contribution in [0.3, 0.4) is 0 Å². The molecule has 0 spiro atoms. The van der Waals surface area contributed by atoms with Gasteiger partial charge in [0.25, 0.3) is 0 Å². The highest BCUT2D eigenvalue weighted by atomic mass is 28.4. The van der Waals surface area contributed by atoms with Crippen LogP contribution >= 0.6 is 0 Å². The lowest BCUT2D eigenvalue weighted by Crippen LogP contribution is -2.41. The van der Waals surface area contributed by atoms with Gasteiger partial charge >= 0.3 is 0 Å². The second-order valence-electron chi connectivity index (χ2n) is 23.3. The van der Waals surface area contributed by atoms with E-state index in [4.69, 9.17) is 13.9 Å². The highest BCUT2D eigenvalue weighted by Gasteiger charge is 2.36. The molecule has 0 aliphatic rings. The molecular formula is C64H96O3Si3. The van der Waals surface area contributed by atoms with E-state index in [-0.39, 0.29) is 5.04 Å². The molecule has 6 heteroatoms. The minimum atomic E-state index is -1.91. The van der Waals surface area contributed by atoms with Crippen LogP contribution in [-0.2, 0) is 10.8 Å². The molecule has 0 amide bonds. The molecule has 3 nitrogen and oxygen atoms in total. The number of ether oxygens (including phenoxy) is 2. The third kappa shape index (κ3) is 27.6. The lowest BCUT2D eigenvalue weighted by atomic mass is 10.0. The predicted octanol–water partition coefficient (Wildman–Crippen LogP) is 18.1. The van der Waals surface area contributed by atoms with Gasteiger partial charge in [0.1, 0.15) is 27.6 Å². The van der Waals surface area contributed by atoms with E-state index >= 15 is 0 Å². The van der Waals surface area contributed by atoms with Crippen LogP contribution in [0, 0.1) is 46.6 Å². The molecule has 0 aliphatic heterocycles. The second kappa shape index (κ2) is 32.2. The van der Waals surface area contributed by atoms with Crippen LogP contribution < -0.4 is 9.47 Å². The molecular weight excluding hydrogens is 901 g/mol. The molecule has 0 N–H and O–H groups in total. The summed E-state index contributed by atoms with van der Waals surface area (Å²) in [4.78, 5) is 0. The van der Waals surface area contributed by atoms with Gasteiger partial charge in [0.2, 0.25) is 0 Å². The highest BCUT2D eigenvalue weighted by Crippen LogP contribution is 2.36. The fourth-order valence-electron chi connectivity index (χ4n) is 7.64. The molecule has 0 fully saturated rings. The van der Waals surface area contributed by atoms with Gasteiger partial charge in [-0.15, -0.1) is 11.1 Å². The molecule has 0 bridgehead atoms. The van der Waals surface area contributed by atoms with Crippen LogP contribution in [0.4, 0.5) is 0 Å². The van der Waals surface area contributed by atoms with Crippen LogP contribution in [0.1, 0.15) is 202 Å². The topological polar surface area (TPSA) is 27.7 Å². The maximum Gasteiger partial charge on any atom is 0.191 e. The maximum absolute atomic E-state index is 6.66. The van der Waals surface area contributed by atoms with Gasteiger partial charge in [-0.1, -0.05) is 225 Å². The predicted molar refractivity (Wildman–Crippen MR) is 313 cm³/mol. The van der Waals surface area contributed by atoms with Crippen molar-refractivity contribution in [3.05, 3.63) is 93.5 Å². The quantitative estimate of drug-likeness (QED) is 0.0412. The van der Waals surface area contributed by atoms with Gasteiger partial charge in [0.05, 0.1) is 13.2 Å². The van der Waals surface area contributed by atoms with Crippen molar-refractivity contribution in [2.75, 3.05) is 19.8 Å². The normalized spacial score (nSPS) is 11.6. The van der Waals surface area contributed by atoms with Gasteiger partial charge in [-0.2, -0.15) is 0 Å². The molecule has 0 unspecified atom stereocenters. The summed E-state index contributed by atoms with van der Waals surface area (Å²) < 4.78 is 19.4. The Morgan fingerprint density at radius 3 is 0.986 bits per heavy atom. The first-order valence-electron chi connectivity index (χ1n) is 27.7. The van der Waals surface area contributed by atoms with E-state index in [1.165, 1.54) is 121 Å². The zero-order valence-electron chi connectivity index (χ0n) is 46.9. The largest absolute Gasteiger partial charge is 0.494 e. The smallest absolute Gasteiger partial charge is 0.191 e. The van der Waals surface area contributed by atoms with E-state index in [9.17, 15) is 0 Å². The van der Waals surface area contributed by atoms with E-state index in [1.807, 2.05) is 0 Å². The monoisotopic (exact) mass is 997 g/mol. The van der Waals surface area contributed by atoms with E-state index in [0.717, 1.165) is 64.1 Å². The fourth-order valence-corrected chi connectivity index (χ4v) is 9.73. The summed E-state index contributed by atoms with van der Waals surface area (Å²) in [5.74, 6) is 22.7. The minimum absolute atomic E-state index is 0.143. The van der Waals surface area contributed by atoms with Gasteiger partial charge in [-0.05, 0) is 97.6 Å². The lowest BCUT2D eigenvalue weighted by Gasteiger charge is -2.36. The molecule has 382 valence electrons. The standard InChI is InChI=1S/C64H96O3Si3/c1-14-16-18-20-22-24-26-28-30-32-41-65-62-51-57(49-60(53-62)39-44-68(6,7)8)36-34-55-46-56(48-59(47-55)38-43-67-70(12,13)64(3,4)5)35-37-58-50-61(40-45-69(9,10)11)54-63(52-58)66-42-33-31-29-27-25-23-21-19-17-15-2/h46-54H,14-33,38,41-43H2,1-13H3. The number of benzene rings is 3. The Bertz CT molecular complexity index is 2120. The molecule has 3 aromatic carbocycles. The number of hydrogen-bond donors (Lipinski definition) is 0. The van der Waals surface area contributed by atoms with E-state index in [2.05, 4.69) is 188 Å². The lowest BCUT2D eigenvalue weighted by molar-refractivity contribution is 0.292. The average Bonchev–Trinajstić information content (AvgIpc) is 3.29. The summed E-state index contributed by atoms with van der Waals surface area (Å²) in [6.45, 7) is 31.8. The van der Waals surface area contributed by atoms with Crippen molar-refractivity contribution >= 4 is 24.5 Å². The molecule has 0 atom stereocenters. The van der Waals surface area contributed by atoms with Crippen molar-refractivity contribution in [1.82, 2.24) is 0 Å². The number of hydrogen-bond acceptors (Lipinski definition) is 3. The Kier molecular flexibility index (Phi) is 27.8. The van der Waals surface area contributed by atoms with E-state index in [0.29, 0.717) is 19.8 Å². The number of unbranched alkanes of at least 4 members (excludes halogenated alkanes) is 18. The fraction of sp³-hybridized carbons (Fsp3) is 0.594. The van der Waals surface area contributed by atoms with Crippen LogP contribution in [-0.4, -0.2) is 44.3 Å². The van der Waals surface area contributed by atoms with E-state index < -0.39 is 24.5 Å². The summed E-state index contributed by atoms with van der Waals surface area (Å²) in [6, 6.07) is 19.1. The number of rotatable bonds is 28. The molecule has 0 aliphatic carbocycles. The van der Waals surface area contributed by atoms with Crippen molar-refractivity contribution in [2.45, 2.75) is 227 Å². The first kappa shape index (κ1) is 60.4. The molecule has 0 aromatic heterocycles.